The molecule has 1 atom stereocenters. The van der Waals surface area contributed by atoms with Gasteiger partial charge < -0.3 is 4.74 Å². The molecule has 3 heteroatoms. The number of hydrogen-bond donors (Lipinski definition) is 0. The second-order valence-corrected chi connectivity index (χ2v) is 4.12. The third-order valence-corrected chi connectivity index (χ3v) is 2.58. The summed E-state index contributed by atoms with van der Waals surface area (Å²) in [5.74, 6) is -0.261. The van der Waals surface area contributed by atoms with Gasteiger partial charge in [-0.1, -0.05) is 53.3 Å². The number of ether oxygens (including phenoxy) is 1. The fourth-order valence-corrected chi connectivity index (χ4v) is 1.17. The average molecular weight is 252 g/mol. The van der Waals surface area contributed by atoms with Crippen molar-refractivity contribution >= 4 is 9.24 Å². The fraction of sp³-hybridized carbons (Fsp3) is 0.143. The Labute approximate surface area is 105 Å². The Balaban J connectivity index is 5.01. The molecule has 17 heavy (non-hydrogen) atoms. The van der Waals surface area contributed by atoms with Crippen LogP contribution in [-0.2, 0) is 4.74 Å². The Hall–Kier alpha value is -1.40. The molecule has 0 aliphatic rings. The maximum atomic E-state index is 13.9. The molecule has 0 fully saturated rings. The molecule has 1 nitrogen and oxygen atoms in total. The van der Waals surface area contributed by atoms with Gasteiger partial charge in [0.05, 0.1) is 7.11 Å². The SMILES string of the molecule is C=C(C)/C=C\C(=C)C(=C)/C(F)=C(/P)C(=C)OC. The van der Waals surface area contributed by atoms with Crippen LogP contribution in [0.4, 0.5) is 4.39 Å². The maximum absolute atomic E-state index is 13.9. The van der Waals surface area contributed by atoms with E-state index in [-0.39, 0.29) is 16.6 Å². The molecule has 0 N–H and O–H groups in total. The molecular weight excluding hydrogens is 234 g/mol. The summed E-state index contributed by atoms with van der Waals surface area (Å²) in [6.45, 7) is 16.5. The van der Waals surface area contributed by atoms with E-state index in [1.165, 1.54) is 7.11 Å². The van der Waals surface area contributed by atoms with E-state index >= 15 is 0 Å². The molecule has 0 aliphatic heterocycles. The van der Waals surface area contributed by atoms with E-state index in [1.54, 1.807) is 12.2 Å². The summed E-state index contributed by atoms with van der Waals surface area (Å²) in [4.78, 5) is 0. The molecule has 0 radical (unpaired) electrons. The van der Waals surface area contributed by atoms with Crippen LogP contribution in [0, 0.1) is 0 Å². The maximum Gasteiger partial charge on any atom is 0.141 e. The van der Waals surface area contributed by atoms with Crippen LogP contribution in [0.1, 0.15) is 6.92 Å². The van der Waals surface area contributed by atoms with Crippen molar-refractivity contribution in [2.24, 2.45) is 0 Å². The van der Waals surface area contributed by atoms with Crippen molar-refractivity contribution in [3.63, 3.8) is 0 Å². The van der Waals surface area contributed by atoms with Gasteiger partial charge in [-0.3, -0.25) is 0 Å². The lowest BCUT2D eigenvalue weighted by atomic mass is 10.1. The van der Waals surface area contributed by atoms with Crippen molar-refractivity contribution in [1.29, 1.82) is 0 Å². The number of allylic oxidation sites excluding steroid dienone is 7. The quantitative estimate of drug-likeness (QED) is 0.385. The number of rotatable bonds is 6. The van der Waals surface area contributed by atoms with Crippen molar-refractivity contribution in [1.82, 2.24) is 0 Å². The third-order valence-electron chi connectivity index (χ3n) is 2.00. The molecule has 0 aromatic carbocycles. The van der Waals surface area contributed by atoms with Crippen LogP contribution < -0.4 is 0 Å². The molecule has 1 unspecified atom stereocenters. The summed E-state index contributed by atoms with van der Waals surface area (Å²) < 4.78 is 18.7. The van der Waals surface area contributed by atoms with Gasteiger partial charge in [0.2, 0.25) is 0 Å². The average Bonchev–Trinajstić information content (AvgIpc) is 2.31. The second-order valence-electron chi connectivity index (χ2n) is 3.54. The Morgan fingerprint density at radius 2 is 1.71 bits per heavy atom. The first kappa shape index (κ1) is 15.6. The van der Waals surface area contributed by atoms with Gasteiger partial charge in [-0.05, 0) is 12.5 Å². The highest BCUT2D eigenvalue weighted by atomic mass is 31.0. The molecule has 0 heterocycles. The molecule has 0 spiro atoms. The largest absolute Gasteiger partial charge is 0.497 e. The predicted octanol–water partition coefficient (Wildman–Crippen LogP) is 4.45. The zero-order chi connectivity index (χ0) is 13.6. The van der Waals surface area contributed by atoms with E-state index in [2.05, 4.69) is 35.6 Å². The lowest BCUT2D eigenvalue weighted by molar-refractivity contribution is 0.305. The second kappa shape index (κ2) is 7.03. The molecule has 0 saturated heterocycles. The van der Waals surface area contributed by atoms with E-state index in [1.807, 2.05) is 6.92 Å². The summed E-state index contributed by atoms with van der Waals surface area (Å²) >= 11 is 0. The van der Waals surface area contributed by atoms with Crippen LogP contribution >= 0.6 is 9.24 Å². The monoisotopic (exact) mass is 252 g/mol. The third kappa shape index (κ3) is 4.97. The van der Waals surface area contributed by atoms with Gasteiger partial charge in [0.25, 0.3) is 0 Å². The predicted molar refractivity (Wildman–Crippen MR) is 76.2 cm³/mol. The summed E-state index contributed by atoms with van der Waals surface area (Å²) in [7, 11) is 3.67. The smallest absolute Gasteiger partial charge is 0.141 e. The first-order valence-electron chi connectivity index (χ1n) is 4.91. The molecule has 0 rings (SSSR count). The Morgan fingerprint density at radius 3 is 2.12 bits per heavy atom. The van der Waals surface area contributed by atoms with Crippen molar-refractivity contribution in [3.8, 4) is 0 Å². The van der Waals surface area contributed by atoms with Crippen molar-refractivity contribution in [3.05, 3.63) is 72.1 Å². The van der Waals surface area contributed by atoms with Gasteiger partial charge in [0.15, 0.2) is 0 Å². The highest BCUT2D eigenvalue weighted by molar-refractivity contribution is 7.23. The molecule has 0 aromatic heterocycles. The summed E-state index contributed by atoms with van der Waals surface area (Å²) in [5.41, 5.74) is 1.54. The standard InChI is InChI=1S/C14H18FOP/c1-9(2)7-8-10(3)11(4)13(15)14(17)12(5)16-6/h7-8H,1,3-5,17H2,2,6H3/b8-7-,14-13-. The normalized spacial score (nSPS) is 12.0. The topological polar surface area (TPSA) is 9.23 Å². The van der Waals surface area contributed by atoms with Crippen LogP contribution in [0.5, 0.6) is 0 Å². The summed E-state index contributed by atoms with van der Waals surface area (Å²) in [5, 5.41) is 0.238. The number of methoxy groups -OCH3 is 1. The van der Waals surface area contributed by atoms with Gasteiger partial charge in [-0.15, -0.1) is 0 Å². The van der Waals surface area contributed by atoms with Gasteiger partial charge in [-0.25, -0.2) is 4.39 Å². The van der Waals surface area contributed by atoms with Crippen LogP contribution in [0.25, 0.3) is 0 Å². The molecule has 0 bridgehead atoms. The minimum atomic E-state index is -0.502. The molecule has 0 saturated carbocycles. The van der Waals surface area contributed by atoms with E-state index in [4.69, 9.17) is 4.74 Å². The van der Waals surface area contributed by atoms with Crippen LogP contribution in [0.15, 0.2) is 72.1 Å². The van der Waals surface area contributed by atoms with E-state index < -0.39 is 5.83 Å². The number of hydrogen-bond acceptors (Lipinski definition) is 1. The van der Waals surface area contributed by atoms with Gasteiger partial charge >= 0.3 is 0 Å². The Bertz CT molecular complexity index is 428. The first-order chi connectivity index (χ1) is 7.81. The molecule has 0 aliphatic carbocycles. The van der Waals surface area contributed by atoms with E-state index in [0.717, 1.165) is 5.57 Å². The molecule has 92 valence electrons. The van der Waals surface area contributed by atoms with Crippen molar-refractivity contribution < 1.29 is 9.13 Å². The van der Waals surface area contributed by atoms with E-state index in [9.17, 15) is 4.39 Å². The summed E-state index contributed by atoms with van der Waals surface area (Å²) in [6.07, 6.45) is 3.41. The minimum absolute atomic E-state index is 0.200. The Morgan fingerprint density at radius 1 is 1.18 bits per heavy atom. The first-order valence-corrected chi connectivity index (χ1v) is 5.49. The van der Waals surface area contributed by atoms with Crippen LogP contribution in [0.3, 0.4) is 0 Å². The van der Waals surface area contributed by atoms with Crippen molar-refractivity contribution in [2.75, 3.05) is 7.11 Å². The highest BCUT2D eigenvalue weighted by Gasteiger charge is 2.10. The zero-order valence-corrected chi connectivity index (χ0v) is 11.5. The van der Waals surface area contributed by atoms with Gasteiger partial charge in [-0.2, -0.15) is 0 Å². The van der Waals surface area contributed by atoms with Crippen molar-refractivity contribution in [2.45, 2.75) is 6.92 Å². The van der Waals surface area contributed by atoms with Crippen LogP contribution in [-0.4, -0.2) is 7.11 Å². The summed E-state index contributed by atoms with van der Waals surface area (Å²) in [6, 6.07) is 0. The molecule has 0 aromatic rings. The number of halogens is 1. The fourth-order valence-electron chi connectivity index (χ4n) is 0.879. The molecular formula is C14H18FOP. The Kier molecular flexibility index (Phi) is 6.45. The zero-order valence-electron chi connectivity index (χ0n) is 10.3. The van der Waals surface area contributed by atoms with Crippen LogP contribution in [0.2, 0.25) is 0 Å². The lowest BCUT2D eigenvalue weighted by Gasteiger charge is -2.09. The van der Waals surface area contributed by atoms with Gasteiger partial charge in [0, 0.05) is 10.9 Å². The van der Waals surface area contributed by atoms with Gasteiger partial charge in [0.1, 0.15) is 11.6 Å². The molecule has 0 amide bonds. The lowest BCUT2D eigenvalue weighted by Crippen LogP contribution is -1.92. The highest BCUT2D eigenvalue weighted by Crippen LogP contribution is 2.29. The minimum Gasteiger partial charge on any atom is -0.497 e. The van der Waals surface area contributed by atoms with E-state index in [0.29, 0.717) is 5.57 Å².